The Morgan fingerprint density at radius 1 is 0.966 bits per heavy atom. The van der Waals surface area contributed by atoms with Gasteiger partial charge in [-0.2, -0.15) is 0 Å². The lowest BCUT2D eigenvalue weighted by Crippen LogP contribution is -2.43. The molecule has 0 saturated heterocycles. The van der Waals surface area contributed by atoms with Crippen LogP contribution in [0.3, 0.4) is 0 Å². The summed E-state index contributed by atoms with van der Waals surface area (Å²) in [5, 5.41) is 11.0. The Balaban J connectivity index is 5.15. The van der Waals surface area contributed by atoms with Gasteiger partial charge in [0.05, 0.1) is 6.10 Å². The van der Waals surface area contributed by atoms with Gasteiger partial charge in [0.25, 0.3) is 0 Å². The molecule has 0 aromatic carbocycles. The Labute approximate surface area is 185 Å². The monoisotopic (exact) mass is 438 g/mol. The van der Waals surface area contributed by atoms with Crippen molar-refractivity contribution in [1.29, 1.82) is 0 Å². The summed E-state index contributed by atoms with van der Waals surface area (Å²) in [4.78, 5) is 0. The molecule has 0 fully saturated rings. The SMILES string of the molecule is C/C(=C\CCO[Si](C)(C)C(C)(C)C)[C@H](O)[C@H](C)C#C[Si](C(C)C)(C(C)C)C(C)C. The molecule has 0 bridgehead atoms. The van der Waals surface area contributed by atoms with Gasteiger partial charge in [-0.05, 0) is 60.6 Å². The second kappa shape index (κ2) is 11.3. The standard InChI is InChI=1S/C25H50O2Si2/c1-19(2)29(20(3)4,21(5)6)18-16-23(8)24(26)22(7)15-14-17-27-28(12,13)25(9,10)11/h15,19-21,23-24,26H,14,17H2,1-13H3/b22-15+/t23-,24+/m1/s1. The van der Waals surface area contributed by atoms with E-state index in [1.165, 1.54) is 0 Å². The Morgan fingerprint density at radius 3 is 1.79 bits per heavy atom. The predicted octanol–water partition coefficient (Wildman–Crippen LogP) is 7.56. The fourth-order valence-corrected chi connectivity index (χ4v) is 10.5. The highest BCUT2D eigenvalue weighted by atomic mass is 28.4. The van der Waals surface area contributed by atoms with Crippen LogP contribution >= 0.6 is 0 Å². The Bertz CT molecular complexity index is 564. The lowest BCUT2D eigenvalue weighted by Gasteiger charge is -2.38. The van der Waals surface area contributed by atoms with E-state index in [4.69, 9.17) is 4.43 Å². The fraction of sp³-hybridized carbons (Fsp3) is 0.840. The van der Waals surface area contributed by atoms with Crippen molar-refractivity contribution in [1.82, 2.24) is 0 Å². The first-order valence-electron chi connectivity index (χ1n) is 11.5. The van der Waals surface area contributed by atoms with Crippen LogP contribution in [0, 0.1) is 17.4 Å². The first-order chi connectivity index (χ1) is 13.0. The van der Waals surface area contributed by atoms with Crippen LogP contribution in [-0.4, -0.2) is 34.2 Å². The third kappa shape index (κ3) is 7.69. The van der Waals surface area contributed by atoms with E-state index in [-0.39, 0.29) is 11.0 Å². The van der Waals surface area contributed by atoms with Crippen LogP contribution in [0.1, 0.15) is 82.6 Å². The first kappa shape index (κ1) is 28.7. The maximum absolute atomic E-state index is 10.8. The minimum atomic E-state index is -1.75. The van der Waals surface area contributed by atoms with Gasteiger partial charge in [0.2, 0.25) is 0 Å². The smallest absolute Gasteiger partial charge is 0.191 e. The van der Waals surface area contributed by atoms with E-state index in [0.29, 0.717) is 16.6 Å². The summed E-state index contributed by atoms with van der Waals surface area (Å²) >= 11 is 0. The Morgan fingerprint density at radius 2 is 1.41 bits per heavy atom. The number of aliphatic hydroxyl groups excluding tert-OH is 1. The zero-order valence-electron chi connectivity index (χ0n) is 21.7. The molecule has 0 rings (SSSR count). The molecule has 2 nitrogen and oxygen atoms in total. The lowest BCUT2D eigenvalue weighted by molar-refractivity contribution is 0.176. The molecule has 0 radical (unpaired) electrons. The van der Waals surface area contributed by atoms with Crippen LogP contribution < -0.4 is 0 Å². The fourth-order valence-electron chi connectivity index (χ4n) is 4.08. The Kier molecular flexibility index (Phi) is 11.2. The van der Waals surface area contributed by atoms with Crippen LogP contribution in [0.2, 0.25) is 34.8 Å². The van der Waals surface area contributed by atoms with Crippen molar-refractivity contribution in [3.05, 3.63) is 11.6 Å². The number of aliphatic hydroxyl groups is 1. The summed E-state index contributed by atoms with van der Waals surface area (Å²) in [6.45, 7) is 30.1. The van der Waals surface area contributed by atoms with Gasteiger partial charge in [-0.15, -0.1) is 11.5 Å². The minimum absolute atomic E-state index is 0.0457. The first-order valence-corrected chi connectivity index (χ1v) is 16.7. The van der Waals surface area contributed by atoms with Gasteiger partial charge in [0.15, 0.2) is 8.32 Å². The number of rotatable bonds is 9. The molecule has 0 aliphatic carbocycles. The molecule has 0 aromatic rings. The zero-order valence-corrected chi connectivity index (χ0v) is 23.7. The van der Waals surface area contributed by atoms with E-state index < -0.39 is 22.5 Å². The summed E-state index contributed by atoms with van der Waals surface area (Å²) in [7, 11) is -3.45. The van der Waals surface area contributed by atoms with Crippen molar-refractivity contribution >= 4 is 16.4 Å². The van der Waals surface area contributed by atoms with E-state index in [1.54, 1.807) is 0 Å². The molecule has 0 aliphatic rings. The minimum Gasteiger partial charge on any atom is -0.417 e. The zero-order chi connectivity index (χ0) is 23.2. The van der Waals surface area contributed by atoms with Crippen molar-refractivity contribution in [2.45, 2.75) is 123 Å². The molecular formula is C25H50O2Si2. The molecule has 1 N–H and O–H groups in total. The summed E-state index contributed by atoms with van der Waals surface area (Å²) < 4.78 is 6.25. The number of hydrogen-bond donors (Lipinski definition) is 1. The van der Waals surface area contributed by atoms with Gasteiger partial charge >= 0.3 is 0 Å². The lowest BCUT2D eigenvalue weighted by atomic mass is 9.98. The summed E-state index contributed by atoms with van der Waals surface area (Å²) in [6.07, 6.45) is 2.47. The molecule has 0 aromatic heterocycles. The van der Waals surface area contributed by atoms with Gasteiger partial charge in [-0.1, -0.05) is 68.4 Å². The second-order valence-corrected chi connectivity index (χ2v) is 21.6. The normalized spacial score (nSPS) is 16.2. The summed E-state index contributed by atoms with van der Waals surface area (Å²) in [6, 6.07) is 0. The van der Waals surface area contributed by atoms with Gasteiger partial charge in [-0.3, -0.25) is 0 Å². The molecule has 0 unspecified atom stereocenters. The van der Waals surface area contributed by atoms with Gasteiger partial charge in [0, 0.05) is 12.5 Å². The molecule has 0 spiro atoms. The highest BCUT2D eigenvalue weighted by molar-refractivity contribution is 6.90. The third-order valence-corrected chi connectivity index (χ3v) is 18.0. The molecule has 170 valence electrons. The van der Waals surface area contributed by atoms with Gasteiger partial charge < -0.3 is 9.53 Å². The molecular weight excluding hydrogens is 388 g/mol. The quantitative estimate of drug-likeness (QED) is 0.174. The van der Waals surface area contributed by atoms with Gasteiger partial charge in [-0.25, -0.2) is 0 Å². The molecule has 0 amide bonds. The molecule has 0 saturated carbocycles. The van der Waals surface area contributed by atoms with Crippen molar-refractivity contribution in [2.75, 3.05) is 6.61 Å². The van der Waals surface area contributed by atoms with Crippen molar-refractivity contribution in [3.8, 4) is 11.5 Å². The maximum Gasteiger partial charge on any atom is 0.191 e. The van der Waals surface area contributed by atoms with Crippen molar-refractivity contribution in [2.24, 2.45) is 5.92 Å². The molecule has 4 heteroatoms. The van der Waals surface area contributed by atoms with Gasteiger partial charge in [0.1, 0.15) is 8.07 Å². The van der Waals surface area contributed by atoms with E-state index >= 15 is 0 Å². The van der Waals surface area contributed by atoms with E-state index in [1.807, 2.05) is 6.92 Å². The van der Waals surface area contributed by atoms with Crippen molar-refractivity contribution in [3.63, 3.8) is 0 Å². The number of hydrogen-bond acceptors (Lipinski definition) is 2. The highest BCUT2D eigenvalue weighted by Gasteiger charge is 2.41. The third-order valence-electron chi connectivity index (χ3n) is 7.18. The van der Waals surface area contributed by atoms with E-state index in [2.05, 4.69) is 99.9 Å². The predicted molar refractivity (Wildman–Crippen MR) is 136 cm³/mol. The molecule has 0 aliphatic heterocycles. The van der Waals surface area contributed by atoms with Crippen LogP contribution in [-0.2, 0) is 4.43 Å². The maximum atomic E-state index is 10.8. The van der Waals surface area contributed by atoms with Crippen molar-refractivity contribution < 1.29 is 9.53 Å². The molecule has 2 atom stereocenters. The molecule has 29 heavy (non-hydrogen) atoms. The van der Waals surface area contributed by atoms with Crippen LogP contribution in [0.15, 0.2) is 11.6 Å². The summed E-state index contributed by atoms with van der Waals surface area (Å²) in [5.41, 5.74) is 6.61. The van der Waals surface area contributed by atoms with Crippen LogP contribution in [0.5, 0.6) is 0 Å². The van der Waals surface area contributed by atoms with E-state index in [9.17, 15) is 5.11 Å². The van der Waals surface area contributed by atoms with E-state index in [0.717, 1.165) is 18.6 Å². The van der Waals surface area contributed by atoms with Crippen LogP contribution in [0.4, 0.5) is 0 Å². The average molecular weight is 439 g/mol. The summed E-state index contributed by atoms with van der Waals surface area (Å²) in [5.74, 6) is 3.43. The van der Waals surface area contributed by atoms with Crippen LogP contribution in [0.25, 0.3) is 0 Å². The largest absolute Gasteiger partial charge is 0.417 e. The average Bonchev–Trinajstić information content (AvgIpc) is 2.56. The molecule has 0 heterocycles. The highest BCUT2D eigenvalue weighted by Crippen LogP contribution is 2.41. The Hall–Kier alpha value is -0.346. The topological polar surface area (TPSA) is 29.5 Å². The second-order valence-electron chi connectivity index (χ2n) is 11.2.